The summed E-state index contributed by atoms with van der Waals surface area (Å²) in [5.41, 5.74) is 1.94. The summed E-state index contributed by atoms with van der Waals surface area (Å²) < 4.78 is 4.94. The Morgan fingerprint density at radius 1 is 1.26 bits per heavy atom. The molecule has 0 aliphatic rings. The summed E-state index contributed by atoms with van der Waals surface area (Å²) in [6.45, 7) is 0.619. The normalized spacial score (nSPS) is 10.3. The Labute approximate surface area is 116 Å². The van der Waals surface area contributed by atoms with E-state index in [0.717, 1.165) is 11.1 Å². The third-order valence-electron chi connectivity index (χ3n) is 2.57. The third kappa shape index (κ3) is 3.56. The van der Waals surface area contributed by atoms with Crippen LogP contribution in [0.15, 0.2) is 30.5 Å². The second kappa shape index (κ2) is 6.36. The van der Waals surface area contributed by atoms with Crippen molar-refractivity contribution in [3.8, 4) is 6.01 Å². The first-order valence-corrected chi connectivity index (χ1v) is 6.10. The lowest BCUT2D eigenvalue weighted by molar-refractivity contribution is 0.282. The minimum Gasteiger partial charge on any atom is -0.467 e. The summed E-state index contributed by atoms with van der Waals surface area (Å²) in [6.07, 6.45) is 1.49. The van der Waals surface area contributed by atoms with Crippen molar-refractivity contribution in [1.82, 2.24) is 9.97 Å². The van der Waals surface area contributed by atoms with Gasteiger partial charge in [-0.25, -0.2) is 4.98 Å². The first kappa shape index (κ1) is 13.6. The quantitative estimate of drug-likeness (QED) is 0.879. The molecule has 0 saturated carbocycles. The van der Waals surface area contributed by atoms with Crippen LogP contribution in [0.5, 0.6) is 6.01 Å². The van der Waals surface area contributed by atoms with E-state index < -0.39 is 0 Å². The number of nitrogens with zero attached hydrogens (tertiary/aromatic N) is 2. The summed E-state index contributed by atoms with van der Waals surface area (Å²) in [5.74, 6) is 0.528. The molecule has 0 bridgehead atoms. The number of ether oxygens (including phenoxy) is 1. The Bertz CT molecular complexity index is 546. The molecule has 1 aromatic heterocycles. The number of halogens is 1. The van der Waals surface area contributed by atoms with Crippen LogP contribution in [0, 0.1) is 0 Å². The number of methoxy groups -OCH3 is 1. The van der Waals surface area contributed by atoms with Gasteiger partial charge < -0.3 is 15.2 Å². The van der Waals surface area contributed by atoms with E-state index in [1.807, 2.05) is 24.3 Å². The molecule has 0 aliphatic heterocycles. The van der Waals surface area contributed by atoms with Crippen LogP contribution in [0.4, 0.5) is 5.82 Å². The average Bonchev–Trinajstić information content (AvgIpc) is 2.47. The summed E-state index contributed by atoms with van der Waals surface area (Å²) >= 11 is 5.99. The molecule has 0 amide bonds. The lowest BCUT2D eigenvalue weighted by Crippen LogP contribution is -2.04. The van der Waals surface area contributed by atoms with Crippen LogP contribution in [0.1, 0.15) is 11.1 Å². The minimum absolute atomic E-state index is 0.0443. The Hall–Kier alpha value is -1.85. The molecular weight excluding hydrogens is 266 g/mol. The van der Waals surface area contributed by atoms with Crippen LogP contribution >= 0.6 is 11.6 Å². The number of benzene rings is 1. The van der Waals surface area contributed by atoms with E-state index in [0.29, 0.717) is 17.4 Å². The van der Waals surface area contributed by atoms with Gasteiger partial charge in [-0.15, -0.1) is 0 Å². The van der Waals surface area contributed by atoms with Crippen molar-refractivity contribution >= 4 is 17.4 Å². The van der Waals surface area contributed by atoms with Gasteiger partial charge >= 0.3 is 6.01 Å². The van der Waals surface area contributed by atoms with Gasteiger partial charge in [-0.05, 0) is 11.1 Å². The van der Waals surface area contributed by atoms with Crippen molar-refractivity contribution in [3.05, 3.63) is 46.6 Å². The van der Waals surface area contributed by atoms with Gasteiger partial charge in [-0.1, -0.05) is 35.9 Å². The van der Waals surface area contributed by atoms with E-state index >= 15 is 0 Å². The van der Waals surface area contributed by atoms with E-state index in [2.05, 4.69) is 15.3 Å². The molecule has 19 heavy (non-hydrogen) atoms. The Kier molecular flexibility index (Phi) is 4.54. The van der Waals surface area contributed by atoms with Gasteiger partial charge in [0.15, 0.2) is 5.82 Å². The first-order chi connectivity index (χ1) is 9.22. The molecule has 0 spiro atoms. The zero-order valence-electron chi connectivity index (χ0n) is 10.4. The van der Waals surface area contributed by atoms with Crippen molar-refractivity contribution in [2.75, 3.05) is 12.4 Å². The van der Waals surface area contributed by atoms with Crippen molar-refractivity contribution in [2.24, 2.45) is 0 Å². The molecule has 0 aliphatic carbocycles. The molecule has 6 heteroatoms. The second-order valence-corrected chi connectivity index (χ2v) is 4.29. The van der Waals surface area contributed by atoms with Crippen molar-refractivity contribution in [2.45, 2.75) is 13.2 Å². The average molecular weight is 280 g/mol. The first-order valence-electron chi connectivity index (χ1n) is 5.72. The predicted molar refractivity (Wildman–Crippen MR) is 73.3 cm³/mol. The number of hydrogen-bond acceptors (Lipinski definition) is 5. The molecule has 0 fully saturated rings. The van der Waals surface area contributed by atoms with Gasteiger partial charge in [0.2, 0.25) is 0 Å². The summed E-state index contributed by atoms with van der Waals surface area (Å²) in [5, 5.41) is 12.5. The van der Waals surface area contributed by atoms with Crippen molar-refractivity contribution in [1.29, 1.82) is 0 Å². The highest BCUT2D eigenvalue weighted by Crippen LogP contribution is 2.20. The second-order valence-electron chi connectivity index (χ2n) is 3.88. The topological polar surface area (TPSA) is 67.3 Å². The Morgan fingerprint density at radius 2 is 1.95 bits per heavy atom. The third-order valence-corrected chi connectivity index (χ3v) is 2.85. The van der Waals surface area contributed by atoms with Crippen LogP contribution in [-0.4, -0.2) is 22.2 Å². The maximum atomic E-state index is 8.97. The van der Waals surface area contributed by atoms with Gasteiger partial charge in [0.1, 0.15) is 5.02 Å². The Balaban J connectivity index is 2.05. The smallest absolute Gasteiger partial charge is 0.318 e. The summed E-state index contributed by atoms with van der Waals surface area (Å²) in [4.78, 5) is 8.03. The molecule has 0 saturated heterocycles. The molecule has 5 nitrogen and oxygen atoms in total. The molecule has 2 N–H and O–H groups in total. The molecule has 100 valence electrons. The van der Waals surface area contributed by atoms with E-state index in [9.17, 15) is 0 Å². The molecule has 2 aromatic rings. The SMILES string of the molecule is COc1ncc(Cl)c(NCc2ccc(CO)cc2)n1. The molecule has 1 aromatic carbocycles. The van der Waals surface area contributed by atoms with Gasteiger partial charge in [-0.3, -0.25) is 0 Å². The number of aliphatic hydroxyl groups excluding tert-OH is 1. The van der Waals surface area contributed by atoms with Gasteiger partial charge in [0.25, 0.3) is 0 Å². The maximum Gasteiger partial charge on any atom is 0.318 e. The molecule has 0 unspecified atom stereocenters. The molecular formula is C13H14ClN3O2. The zero-order valence-corrected chi connectivity index (χ0v) is 11.2. The van der Waals surface area contributed by atoms with E-state index in [1.54, 1.807) is 0 Å². The summed E-state index contributed by atoms with van der Waals surface area (Å²) in [6, 6.07) is 7.89. The maximum absolute atomic E-state index is 8.97. The molecule has 1 heterocycles. The molecule has 0 atom stereocenters. The van der Waals surface area contributed by atoms with Crippen LogP contribution in [0.2, 0.25) is 5.02 Å². The van der Waals surface area contributed by atoms with Crippen LogP contribution < -0.4 is 10.1 Å². The van der Waals surface area contributed by atoms with E-state index in [4.69, 9.17) is 21.4 Å². The Morgan fingerprint density at radius 3 is 2.58 bits per heavy atom. The fourth-order valence-corrected chi connectivity index (χ4v) is 1.68. The van der Waals surface area contributed by atoms with Gasteiger partial charge in [-0.2, -0.15) is 4.98 Å². The highest BCUT2D eigenvalue weighted by molar-refractivity contribution is 6.32. The fourth-order valence-electron chi connectivity index (χ4n) is 1.52. The predicted octanol–water partition coefficient (Wildman–Crippen LogP) is 2.24. The number of rotatable bonds is 5. The standard InChI is InChI=1S/C13H14ClN3O2/c1-19-13-16-7-11(14)12(17-13)15-6-9-2-4-10(8-18)5-3-9/h2-5,7,18H,6,8H2,1H3,(H,15,16,17). The highest BCUT2D eigenvalue weighted by atomic mass is 35.5. The summed E-state index contributed by atoms with van der Waals surface area (Å²) in [7, 11) is 1.50. The highest BCUT2D eigenvalue weighted by Gasteiger charge is 2.05. The van der Waals surface area contributed by atoms with Crippen molar-refractivity contribution in [3.63, 3.8) is 0 Å². The number of aliphatic hydroxyl groups is 1. The number of nitrogens with one attached hydrogen (secondary N) is 1. The van der Waals surface area contributed by atoms with Crippen LogP contribution in [0.25, 0.3) is 0 Å². The number of anilines is 1. The number of aromatic nitrogens is 2. The largest absolute Gasteiger partial charge is 0.467 e. The van der Waals surface area contributed by atoms with Crippen LogP contribution in [-0.2, 0) is 13.2 Å². The minimum atomic E-state index is 0.0443. The zero-order chi connectivity index (χ0) is 13.7. The van der Waals surface area contributed by atoms with Gasteiger partial charge in [0.05, 0.1) is 19.9 Å². The fraction of sp³-hybridized carbons (Fsp3) is 0.231. The van der Waals surface area contributed by atoms with E-state index in [1.165, 1.54) is 13.3 Å². The molecule has 0 radical (unpaired) electrons. The monoisotopic (exact) mass is 279 g/mol. The van der Waals surface area contributed by atoms with Gasteiger partial charge in [0, 0.05) is 6.54 Å². The van der Waals surface area contributed by atoms with Crippen LogP contribution in [0.3, 0.4) is 0 Å². The lowest BCUT2D eigenvalue weighted by atomic mass is 10.1. The lowest BCUT2D eigenvalue weighted by Gasteiger charge is -2.08. The molecule has 2 rings (SSSR count). The van der Waals surface area contributed by atoms with Crippen molar-refractivity contribution < 1.29 is 9.84 Å². The number of hydrogen-bond donors (Lipinski definition) is 2. The van der Waals surface area contributed by atoms with E-state index in [-0.39, 0.29) is 12.6 Å².